The van der Waals surface area contributed by atoms with Crippen LogP contribution in [0, 0.1) is 24.2 Å². The van der Waals surface area contributed by atoms with Crippen LogP contribution in [0.4, 0.5) is 17.8 Å². The minimum atomic E-state index is -1.04. The fraction of sp³-hybridized carbons (Fsp3) is 0.625. The van der Waals surface area contributed by atoms with E-state index in [1.165, 1.54) is 4.68 Å². The fourth-order valence-corrected chi connectivity index (χ4v) is 8.47. The SMILES string of the molecule is C#CCOCCOCCOCCNc1nc(N2CCN(C(=O)C(CCC(=O)O)n3cc(C(N)Cc4ccc(O)cc4)nn3)CC2)nc(N2CCN(C(=O)C(C(C)CC)n3cc(C(N)CC(C)C)nn3)CC2)n1.[Cl-]. The first-order chi connectivity index (χ1) is 34.7. The molecule has 2 fully saturated rings. The number of halogens is 1. The summed E-state index contributed by atoms with van der Waals surface area (Å²) in [6.45, 7) is 14.0. The Morgan fingerprint density at radius 1 is 0.767 bits per heavy atom. The van der Waals surface area contributed by atoms with Crippen molar-refractivity contribution < 1.29 is 51.2 Å². The Bertz CT molecular complexity index is 2370. The maximum atomic E-state index is 14.3. The summed E-state index contributed by atoms with van der Waals surface area (Å²) in [6, 6.07) is 4.40. The Labute approximate surface area is 432 Å². The number of hydrogen-bond donors (Lipinski definition) is 5. The number of carboxylic acid groups (broad SMARTS) is 1. The van der Waals surface area contributed by atoms with Crippen LogP contribution in [0.15, 0.2) is 36.7 Å². The molecule has 2 amide bonds. The smallest absolute Gasteiger partial charge is 0.303 e. The third-order valence-corrected chi connectivity index (χ3v) is 12.7. The van der Waals surface area contributed by atoms with Gasteiger partial charge in [0, 0.05) is 65.3 Å². The summed E-state index contributed by atoms with van der Waals surface area (Å²) in [7, 11) is 0. The second-order valence-electron chi connectivity index (χ2n) is 18.5. The van der Waals surface area contributed by atoms with E-state index in [4.69, 9.17) is 47.1 Å². The van der Waals surface area contributed by atoms with Crippen molar-refractivity contribution in [2.75, 3.05) is 114 Å². The molecule has 7 N–H and O–H groups in total. The molecule has 3 aromatic heterocycles. The van der Waals surface area contributed by atoms with Gasteiger partial charge < -0.3 is 73.2 Å². The zero-order valence-electron chi connectivity index (χ0n) is 42.3. The van der Waals surface area contributed by atoms with Crippen molar-refractivity contribution in [3.63, 3.8) is 0 Å². The maximum Gasteiger partial charge on any atom is 0.303 e. The molecule has 4 aromatic rings. The molecule has 0 bridgehead atoms. The Morgan fingerprint density at radius 2 is 1.32 bits per heavy atom. The minimum Gasteiger partial charge on any atom is -1.00 e. The monoisotopic (exact) mass is 1040 g/mol. The van der Waals surface area contributed by atoms with Crippen LogP contribution >= 0.6 is 0 Å². The Hall–Kier alpha value is -6.23. The highest BCUT2D eigenvalue weighted by atomic mass is 35.5. The van der Waals surface area contributed by atoms with Gasteiger partial charge in [-0.2, -0.15) is 15.0 Å². The number of carbonyl (C=O) groups is 3. The largest absolute Gasteiger partial charge is 1.00 e. The minimum absolute atomic E-state index is 0. The summed E-state index contributed by atoms with van der Waals surface area (Å²) < 4.78 is 19.6. The van der Waals surface area contributed by atoms with E-state index in [2.05, 4.69) is 52.6 Å². The summed E-state index contributed by atoms with van der Waals surface area (Å²) in [4.78, 5) is 62.4. The molecule has 0 aliphatic carbocycles. The van der Waals surface area contributed by atoms with Crippen LogP contribution in [0.1, 0.15) is 94.5 Å². The third-order valence-electron chi connectivity index (χ3n) is 12.7. The predicted molar refractivity (Wildman–Crippen MR) is 267 cm³/mol. The summed E-state index contributed by atoms with van der Waals surface area (Å²) in [6.07, 6.45) is 10.3. The maximum absolute atomic E-state index is 14.3. The topological polar surface area (TPSA) is 296 Å². The Kier molecular flexibility index (Phi) is 22.8. The molecule has 0 spiro atoms. The second kappa shape index (κ2) is 28.9. The number of phenols is 1. The predicted octanol–water partition coefficient (Wildman–Crippen LogP) is -1.16. The van der Waals surface area contributed by atoms with E-state index in [1.54, 1.807) is 40.0 Å². The first-order valence-electron chi connectivity index (χ1n) is 24.8. The number of amides is 2. The molecule has 2 saturated heterocycles. The van der Waals surface area contributed by atoms with Gasteiger partial charge in [-0.15, -0.1) is 16.6 Å². The average molecular weight is 1040 g/mol. The van der Waals surface area contributed by atoms with E-state index in [1.807, 2.05) is 27.8 Å². The zero-order valence-corrected chi connectivity index (χ0v) is 43.1. The van der Waals surface area contributed by atoms with Crippen molar-refractivity contribution in [3.05, 3.63) is 53.6 Å². The van der Waals surface area contributed by atoms with Crippen LogP contribution in [0.25, 0.3) is 0 Å². The van der Waals surface area contributed by atoms with E-state index in [9.17, 15) is 24.6 Å². The molecule has 6 rings (SSSR count). The van der Waals surface area contributed by atoms with E-state index in [0.717, 1.165) is 18.4 Å². The number of carboxylic acids is 1. The first kappa shape index (κ1) is 57.7. The lowest BCUT2D eigenvalue weighted by Crippen LogP contribution is -3.00. The van der Waals surface area contributed by atoms with Crippen molar-refractivity contribution >= 4 is 35.6 Å². The van der Waals surface area contributed by atoms with Crippen LogP contribution < -0.4 is 39.0 Å². The molecule has 5 unspecified atom stereocenters. The van der Waals surface area contributed by atoms with E-state index >= 15 is 0 Å². The number of benzene rings is 1. The number of ether oxygens (including phenoxy) is 3. The normalized spacial score (nSPS) is 16.1. The van der Waals surface area contributed by atoms with Gasteiger partial charge in [-0.3, -0.25) is 14.4 Å². The number of carbonyl (C=O) groups excluding carboxylic acids is 2. The molecular weight excluding hydrogens is 964 g/mol. The summed E-state index contributed by atoms with van der Waals surface area (Å²) >= 11 is 0. The molecule has 0 radical (unpaired) electrons. The van der Waals surface area contributed by atoms with Gasteiger partial charge in [0.05, 0.1) is 68.9 Å². The highest BCUT2D eigenvalue weighted by Crippen LogP contribution is 2.28. The average Bonchev–Trinajstić information content (AvgIpc) is 4.08. The number of terminal acetylenes is 1. The Balaban J connectivity index is 0.00000988. The standard InChI is InChI=1S/C48H72N16O8.ClH/c1-6-23-70-25-27-72-28-26-71-24-14-51-46-52-47(54-48(53-46)62-21-17-60(18-22-62)45(69)43(34(5)7-2)64-32-40(56-58-64)37(49)29-33(3)4)61-19-15-59(16-20-61)44(68)41(12-13-42(66)67)63-31-39(55-57-63)38(50)30-35-8-10-36(65)11-9-35;/h1,8-11,31-34,37-38,41,43,65H,7,12-30,49-50H2,2-5H3,(H,66,67)(H,51,52,53,54);1H/p-1. The van der Waals surface area contributed by atoms with Crippen LogP contribution in [-0.4, -0.2) is 181 Å². The van der Waals surface area contributed by atoms with Gasteiger partial charge in [-0.25, -0.2) is 9.36 Å². The zero-order chi connectivity index (χ0) is 51.6. The molecular formula is C48H72ClN16O8-. The lowest BCUT2D eigenvalue weighted by molar-refractivity contribution is -0.139. The number of hydrogen-bond acceptors (Lipinski definition) is 19. The van der Waals surface area contributed by atoms with Crippen molar-refractivity contribution in [1.29, 1.82) is 0 Å². The van der Waals surface area contributed by atoms with E-state index in [0.29, 0.717) is 134 Å². The van der Waals surface area contributed by atoms with Crippen molar-refractivity contribution in [2.24, 2.45) is 23.3 Å². The van der Waals surface area contributed by atoms with Crippen LogP contribution in [0.2, 0.25) is 0 Å². The van der Waals surface area contributed by atoms with E-state index < -0.39 is 24.1 Å². The van der Waals surface area contributed by atoms with E-state index in [-0.39, 0.29) is 61.4 Å². The summed E-state index contributed by atoms with van der Waals surface area (Å²) in [5.41, 5.74) is 14.9. The molecule has 5 heterocycles. The van der Waals surface area contributed by atoms with Crippen LogP contribution in [0.3, 0.4) is 0 Å². The van der Waals surface area contributed by atoms with Crippen molar-refractivity contribution in [2.45, 2.75) is 84.0 Å². The van der Waals surface area contributed by atoms with Crippen LogP contribution in [0.5, 0.6) is 5.75 Å². The third kappa shape index (κ3) is 16.9. The van der Waals surface area contributed by atoms with Gasteiger partial charge in [0.1, 0.15) is 24.4 Å². The number of aromatic nitrogens is 9. The highest BCUT2D eigenvalue weighted by molar-refractivity contribution is 5.82. The van der Waals surface area contributed by atoms with Gasteiger partial charge in [0.15, 0.2) is 0 Å². The number of aliphatic carboxylic acids is 1. The molecule has 25 heteroatoms. The number of nitrogens with two attached hydrogens (primary N) is 2. The quantitative estimate of drug-likeness (QED) is 0.0331. The molecule has 0 saturated carbocycles. The number of rotatable bonds is 28. The molecule has 1 aromatic carbocycles. The van der Waals surface area contributed by atoms with Gasteiger partial charge in [0.25, 0.3) is 0 Å². The lowest BCUT2D eigenvalue weighted by atomic mass is 9.97. The summed E-state index contributed by atoms with van der Waals surface area (Å²) in [5.74, 6) is 2.77. The molecule has 2 aliphatic rings. The van der Waals surface area contributed by atoms with Gasteiger partial charge in [-0.05, 0) is 48.8 Å². The fourth-order valence-electron chi connectivity index (χ4n) is 8.47. The number of nitrogens with zero attached hydrogens (tertiary/aromatic N) is 13. The summed E-state index contributed by atoms with van der Waals surface area (Å²) in [5, 5.41) is 39.8. The van der Waals surface area contributed by atoms with Gasteiger partial charge >= 0.3 is 5.97 Å². The molecule has 400 valence electrons. The second-order valence-corrected chi connectivity index (χ2v) is 18.5. The van der Waals surface area contributed by atoms with Crippen molar-refractivity contribution in [3.8, 4) is 18.1 Å². The molecule has 24 nitrogen and oxygen atoms in total. The Morgan fingerprint density at radius 3 is 1.89 bits per heavy atom. The van der Waals surface area contributed by atoms with Crippen LogP contribution in [-0.2, 0) is 35.0 Å². The number of aromatic hydroxyl groups is 1. The lowest BCUT2D eigenvalue weighted by Gasteiger charge is -2.38. The van der Waals surface area contributed by atoms with Crippen molar-refractivity contribution in [1.82, 2.24) is 54.7 Å². The molecule has 73 heavy (non-hydrogen) atoms. The molecule has 5 atom stereocenters. The number of piperazine rings is 2. The first-order valence-corrected chi connectivity index (χ1v) is 24.8. The van der Waals surface area contributed by atoms with Gasteiger partial charge in [-0.1, -0.05) is 62.6 Å². The molecule has 2 aliphatic heterocycles. The number of phenolic OH excluding ortho intramolecular Hbond substituents is 1. The highest BCUT2D eigenvalue weighted by Gasteiger charge is 2.35. The van der Waals surface area contributed by atoms with Gasteiger partial charge in [0.2, 0.25) is 29.7 Å². The number of nitrogens with one attached hydrogen (secondary N) is 1. The number of anilines is 3.